The van der Waals surface area contributed by atoms with Crippen LogP contribution in [0, 0.1) is 6.92 Å². The van der Waals surface area contributed by atoms with Crippen LogP contribution >= 0.6 is 0 Å². The first kappa shape index (κ1) is 24.6. The number of imidazole rings is 1. The average molecular weight is 491 g/mol. The monoisotopic (exact) mass is 490 g/mol. The number of ether oxygens (including phenoxy) is 1. The quantitative estimate of drug-likeness (QED) is 0.515. The fourth-order valence-corrected chi connectivity index (χ4v) is 5.54. The van der Waals surface area contributed by atoms with Crippen LogP contribution in [0.3, 0.4) is 0 Å². The number of piperazine rings is 1. The second-order valence-electron chi connectivity index (χ2n) is 11.1. The smallest absolute Gasteiger partial charge is 0.410 e. The highest BCUT2D eigenvalue weighted by atomic mass is 16.6. The molecule has 1 amide bonds. The minimum Gasteiger partial charge on any atom is -0.444 e. The summed E-state index contributed by atoms with van der Waals surface area (Å²) in [5.41, 5.74) is 4.01. The molecule has 2 aliphatic rings. The van der Waals surface area contributed by atoms with Gasteiger partial charge in [0.05, 0.1) is 23.5 Å². The Morgan fingerprint density at radius 1 is 1.03 bits per heavy atom. The fraction of sp³-hybridized carbons (Fsp3) is 0.536. The first-order valence-corrected chi connectivity index (χ1v) is 13.1. The van der Waals surface area contributed by atoms with Crippen molar-refractivity contribution in [2.45, 2.75) is 64.6 Å². The Morgan fingerprint density at radius 2 is 1.78 bits per heavy atom. The number of carbonyl (C=O) groups is 1. The molecule has 5 heterocycles. The number of aromatic nitrogens is 3. The molecule has 2 aliphatic heterocycles. The third kappa shape index (κ3) is 4.91. The summed E-state index contributed by atoms with van der Waals surface area (Å²) < 4.78 is 7.77. The molecule has 0 spiro atoms. The molecule has 5 rings (SSSR count). The number of aryl methyl sites for hydroxylation is 1. The number of likely N-dealkylation sites (tertiary alicyclic amines) is 1. The lowest BCUT2D eigenvalue weighted by molar-refractivity contribution is 0.0240. The first-order chi connectivity index (χ1) is 17.2. The van der Waals surface area contributed by atoms with Gasteiger partial charge in [-0.3, -0.25) is 14.3 Å². The molecule has 2 atom stereocenters. The zero-order chi connectivity index (χ0) is 25.4. The van der Waals surface area contributed by atoms with Crippen molar-refractivity contribution in [1.82, 2.24) is 24.2 Å². The Morgan fingerprint density at radius 3 is 2.50 bits per heavy atom. The van der Waals surface area contributed by atoms with Crippen LogP contribution in [0.25, 0.3) is 5.65 Å². The Labute approximate surface area is 213 Å². The molecular formula is C28H38N6O2. The summed E-state index contributed by atoms with van der Waals surface area (Å²) in [7, 11) is 2.21. The van der Waals surface area contributed by atoms with Gasteiger partial charge in [-0.15, -0.1) is 0 Å². The van der Waals surface area contributed by atoms with E-state index in [9.17, 15) is 4.79 Å². The fourth-order valence-electron chi connectivity index (χ4n) is 5.54. The van der Waals surface area contributed by atoms with E-state index in [4.69, 9.17) is 14.7 Å². The lowest BCUT2D eigenvalue weighted by Gasteiger charge is -2.39. The van der Waals surface area contributed by atoms with E-state index in [1.165, 1.54) is 11.3 Å². The number of carbonyl (C=O) groups excluding carboxylic acids is 1. The van der Waals surface area contributed by atoms with E-state index in [1.807, 2.05) is 33.0 Å². The SMILES string of the molecule is Cc1cccnc1[C@@H]1CCC[C@H](c2cn3c(N4CCN(C(=O)OC(C)(C)C)CC4)cccc3n2)N1C. The van der Waals surface area contributed by atoms with Gasteiger partial charge in [0.15, 0.2) is 0 Å². The molecule has 192 valence electrons. The molecule has 0 N–H and O–H groups in total. The number of hydrogen-bond donors (Lipinski definition) is 0. The maximum Gasteiger partial charge on any atom is 0.410 e. The van der Waals surface area contributed by atoms with Gasteiger partial charge in [0.1, 0.15) is 17.1 Å². The largest absolute Gasteiger partial charge is 0.444 e. The number of amides is 1. The minimum absolute atomic E-state index is 0.233. The molecule has 3 aromatic heterocycles. The Hall–Kier alpha value is -3.13. The number of hydrogen-bond acceptors (Lipinski definition) is 6. The standard InChI is InChI=1S/C28H38N6O2/c1-20-9-8-14-29-26(20)23-11-6-10-22(31(23)5)21-19-34-24(30-21)12-7-13-25(34)32-15-17-33(18-16-32)27(35)36-28(2,3)4/h7-9,12-14,19,22-23H,6,10-11,15-18H2,1-5H3/t22-,23+/m1/s1. The van der Waals surface area contributed by atoms with Gasteiger partial charge in [0, 0.05) is 38.6 Å². The van der Waals surface area contributed by atoms with Crippen LogP contribution in [-0.2, 0) is 4.74 Å². The van der Waals surface area contributed by atoms with E-state index in [2.05, 4.69) is 58.6 Å². The van der Waals surface area contributed by atoms with Gasteiger partial charge in [0.25, 0.3) is 0 Å². The Balaban J connectivity index is 1.34. The van der Waals surface area contributed by atoms with Crippen molar-refractivity contribution in [3.05, 3.63) is 59.7 Å². The second-order valence-corrected chi connectivity index (χ2v) is 11.1. The van der Waals surface area contributed by atoms with Gasteiger partial charge in [-0.05, 0) is 77.8 Å². The minimum atomic E-state index is -0.479. The molecule has 0 unspecified atom stereocenters. The van der Waals surface area contributed by atoms with Crippen LogP contribution < -0.4 is 4.90 Å². The maximum absolute atomic E-state index is 12.5. The molecule has 2 saturated heterocycles. The maximum atomic E-state index is 12.5. The van der Waals surface area contributed by atoms with E-state index in [0.29, 0.717) is 19.1 Å². The zero-order valence-corrected chi connectivity index (χ0v) is 22.1. The van der Waals surface area contributed by atoms with E-state index in [1.54, 1.807) is 4.90 Å². The highest BCUT2D eigenvalue weighted by molar-refractivity contribution is 5.68. The molecule has 0 aromatic carbocycles. The highest BCUT2D eigenvalue weighted by Gasteiger charge is 2.33. The van der Waals surface area contributed by atoms with Crippen molar-refractivity contribution >= 4 is 17.6 Å². The molecule has 3 aromatic rings. The van der Waals surface area contributed by atoms with Gasteiger partial charge < -0.3 is 14.5 Å². The second kappa shape index (κ2) is 9.73. The van der Waals surface area contributed by atoms with E-state index in [0.717, 1.165) is 49.5 Å². The van der Waals surface area contributed by atoms with E-state index >= 15 is 0 Å². The van der Waals surface area contributed by atoms with Gasteiger partial charge in [-0.2, -0.15) is 0 Å². The van der Waals surface area contributed by atoms with Gasteiger partial charge in [0.2, 0.25) is 0 Å². The topological polar surface area (TPSA) is 66.2 Å². The van der Waals surface area contributed by atoms with E-state index in [-0.39, 0.29) is 12.1 Å². The molecule has 36 heavy (non-hydrogen) atoms. The van der Waals surface area contributed by atoms with Crippen LogP contribution in [0.5, 0.6) is 0 Å². The van der Waals surface area contributed by atoms with Crippen LogP contribution in [0.4, 0.5) is 10.6 Å². The number of fused-ring (bicyclic) bond motifs is 1. The number of pyridine rings is 2. The Bertz CT molecular complexity index is 1220. The molecule has 0 bridgehead atoms. The zero-order valence-electron chi connectivity index (χ0n) is 22.1. The number of piperidine rings is 1. The van der Waals surface area contributed by atoms with Crippen molar-refractivity contribution in [3.63, 3.8) is 0 Å². The van der Waals surface area contributed by atoms with Crippen molar-refractivity contribution in [3.8, 4) is 0 Å². The molecule has 0 aliphatic carbocycles. The average Bonchev–Trinajstić information content (AvgIpc) is 3.28. The molecule has 8 heteroatoms. The molecule has 0 saturated carbocycles. The highest BCUT2D eigenvalue weighted by Crippen LogP contribution is 2.40. The van der Waals surface area contributed by atoms with Crippen LogP contribution in [-0.4, -0.2) is 69.1 Å². The number of anilines is 1. The summed E-state index contributed by atoms with van der Waals surface area (Å²) in [4.78, 5) is 28.9. The predicted molar refractivity (Wildman–Crippen MR) is 141 cm³/mol. The summed E-state index contributed by atoms with van der Waals surface area (Å²) in [6.45, 7) is 10.7. The first-order valence-electron chi connectivity index (χ1n) is 13.1. The molecule has 8 nitrogen and oxygen atoms in total. The summed E-state index contributed by atoms with van der Waals surface area (Å²) >= 11 is 0. The summed E-state index contributed by atoms with van der Waals surface area (Å²) in [5.74, 6) is 1.12. The van der Waals surface area contributed by atoms with Crippen LogP contribution in [0.2, 0.25) is 0 Å². The lowest BCUT2D eigenvalue weighted by Crippen LogP contribution is -2.50. The Kier molecular flexibility index (Phi) is 6.64. The van der Waals surface area contributed by atoms with E-state index < -0.39 is 5.60 Å². The number of nitrogens with zero attached hydrogens (tertiary/aromatic N) is 6. The van der Waals surface area contributed by atoms with Crippen molar-refractivity contribution in [2.24, 2.45) is 0 Å². The van der Waals surface area contributed by atoms with Crippen LogP contribution in [0.1, 0.15) is 69.1 Å². The third-order valence-electron chi connectivity index (χ3n) is 7.39. The number of rotatable bonds is 3. The summed E-state index contributed by atoms with van der Waals surface area (Å²) in [5, 5.41) is 0. The molecule has 0 radical (unpaired) electrons. The molecule has 2 fully saturated rings. The van der Waals surface area contributed by atoms with Gasteiger partial charge in [-0.25, -0.2) is 9.78 Å². The van der Waals surface area contributed by atoms with Crippen molar-refractivity contribution in [1.29, 1.82) is 0 Å². The van der Waals surface area contributed by atoms with Crippen molar-refractivity contribution in [2.75, 3.05) is 38.1 Å². The summed E-state index contributed by atoms with van der Waals surface area (Å²) in [6, 6.07) is 11.0. The predicted octanol–water partition coefficient (Wildman–Crippen LogP) is 4.99. The van der Waals surface area contributed by atoms with Gasteiger partial charge >= 0.3 is 6.09 Å². The van der Waals surface area contributed by atoms with Crippen LogP contribution in [0.15, 0.2) is 42.7 Å². The summed E-state index contributed by atoms with van der Waals surface area (Å²) in [6.07, 6.45) is 7.24. The van der Waals surface area contributed by atoms with Gasteiger partial charge in [-0.1, -0.05) is 12.1 Å². The normalized spacial score (nSPS) is 21.7. The molecular weight excluding hydrogens is 452 g/mol. The third-order valence-corrected chi connectivity index (χ3v) is 7.39. The lowest BCUT2D eigenvalue weighted by atomic mass is 9.91. The van der Waals surface area contributed by atoms with Crippen molar-refractivity contribution < 1.29 is 9.53 Å².